The van der Waals surface area contributed by atoms with Gasteiger partial charge in [-0.05, 0) is 51.8 Å². The molecule has 0 saturated carbocycles. The number of fused-ring (bicyclic) bond motifs is 1. The molecule has 29 heavy (non-hydrogen) atoms. The van der Waals surface area contributed by atoms with Gasteiger partial charge in [0.2, 0.25) is 11.8 Å². The number of ether oxygens (including phenoxy) is 1. The third-order valence-electron chi connectivity index (χ3n) is 4.71. The van der Waals surface area contributed by atoms with Crippen LogP contribution in [0.3, 0.4) is 0 Å². The largest absolute Gasteiger partial charge is 0.444 e. The number of amides is 4. The highest BCUT2D eigenvalue weighted by atomic mass is 16.6. The number of hydrogen-bond acceptors (Lipinski definition) is 6. The highest BCUT2D eigenvalue weighted by molar-refractivity contribution is 6.06. The molecule has 3 rings (SSSR count). The standard InChI is InChI=1S/C20H26N4O5/c1-11-22-14-6-5-12(10-21-19(28)29-20(2,3)4)9-13(14)18(27)24(11)15-7-8-16(25)23-17(15)26/h5-6,9,11,15,22H,7-8,10H2,1-4H3,(H,21,28)(H,23,25,26). The SMILES string of the molecule is CC1Nc2ccc(CNC(=O)OC(C)(C)C)cc2C(=O)N1C1CCC(=O)NC1=O. The first-order chi connectivity index (χ1) is 13.5. The van der Waals surface area contributed by atoms with Crippen LogP contribution in [0.1, 0.15) is 56.5 Å². The monoisotopic (exact) mass is 402 g/mol. The lowest BCUT2D eigenvalue weighted by atomic mass is 9.98. The first-order valence-electron chi connectivity index (χ1n) is 9.58. The number of carbonyl (C=O) groups is 4. The summed E-state index contributed by atoms with van der Waals surface area (Å²) in [5.74, 6) is -1.08. The molecule has 156 valence electrons. The van der Waals surface area contributed by atoms with E-state index in [0.29, 0.717) is 11.3 Å². The Bertz CT molecular complexity index is 861. The topological polar surface area (TPSA) is 117 Å². The molecule has 9 nitrogen and oxygen atoms in total. The van der Waals surface area contributed by atoms with Gasteiger partial charge in [0, 0.05) is 18.7 Å². The van der Waals surface area contributed by atoms with E-state index in [1.54, 1.807) is 39.8 Å². The van der Waals surface area contributed by atoms with Gasteiger partial charge in [-0.3, -0.25) is 19.7 Å². The third kappa shape index (κ3) is 4.67. The zero-order valence-electron chi connectivity index (χ0n) is 17.0. The van der Waals surface area contributed by atoms with E-state index in [-0.39, 0.29) is 31.2 Å². The molecule has 2 aliphatic heterocycles. The van der Waals surface area contributed by atoms with E-state index >= 15 is 0 Å². The Morgan fingerprint density at radius 3 is 2.66 bits per heavy atom. The molecule has 3 N–H and O–H groups in total. The number of piperidine rings is 1. The van der Waals surface area contributed by atoms with Gasteiger partial charge in [-0.25, -0.2) is 4.79 Å². The fourth-order valence-corrected chi connectivity index (χ4v) is 3.46. The van der Waals surface area contributed by atoms with Gasteiger partial charge in [-0.1, -0.05) is 6.07 Å². The molecule has 0 aliphatic carbocycles. The lowest BCUT2D eigenvalue weighted by molar-refractivity contribution is -0.137. The second-order valence-electron chi connectivity index (χ2n) is 8.24. The molecule has 0 radical (unpaired) electrons. The number of carbonyl (C=O) groups excluding carboxylic acids is 4. The Morgan fingerprint density at radius 2 is 2.00 bits per heavy atom. The van der Waals surface area contributed by atoms with E-state index < -0.39 is 29.8 Å². The molecule has 9 heteroatoms. The van der Waals surface area contributed by atoms with Gasteiger partial charge < -0.3 is 20.3 Å². The van der Waals surface area contributed by atoms with Crippen molar-refractivity contribution in [2.24, 2.45) is 0 Å². The third-order valence-corrected chi connectivity index (χ3v) is 4.71. The molecule has 2 atom stereocenters. The van der Waals surface area contributed by atoms with Crippen LogP contribution in [-0.4, -0.2) is 46.5 Å². The number of rotatable bonds is 3. The van der Waals surface area contributed by atoms with Gasteiger partial charge in [0.05, 0.1) is 11.7 Å². The van der Waals surface area contributed by atoms with Crippen molar-refractivity contribution in [2.75, 3.05) is 5.32 Å². The summed E-state index contributed by atoms with van der Waals surface area (Å²) >= 11 is 0. The second kappa shape index (κ2) is 7.73. The minimum atomic E-state index is -0.709. The Hall–Kier alpha value is -3.10. The van der Waals surface area contributed by atoms with Crippen molar-refractivity contribution in [1.82, 2.24) is 15.5 Å². The fourth-order valence-electron chi connectivity index (χ4n) is 3.46. The predicted molar refractivity (Wildman–Crippen MR) is 105 cm³/mol. The van der Waals surface area contributed by atoms with Crippen molar-refractivity contribution in [3.63, 3.8) is 0 Å². The van der Waals surface area contributed by atoms with Crippen LogP contribution in [0.2, 0.25) is 0 Å². The molecule has 0 spiro atoms. The van der Waals surface area contributed by atoms with Crippen molar-refractivity contribution in [2.45, 2.75) is 64.9 Å². The molecule has 1 saturated heterocycles. The zero-order valence-corrected chi connectivity index (χ0v) is 17.0. The lowest BCUT2D eigenvalue weighted by Crippen LogP contribution is -2.60. The van der Waals surface area contributed by atoms with Gasteiger partial charge >= 0.3 is 6.09 Å². The molecule has 0 aromatic heterocycles. The summed E-state index contributed by atoms with van der Waals surface area (Å²) < 4.78 is 5.21. The Balaban J connectivity index is 1.75. The quantitative estimate of drug-likeness (QED) is 0.663. The molecule has 1 aromatic carbocycles. The predicted octanol–water partition coefficient (Wildman–Crippen LogP) is 1.73. The van der Waals surface area contributed by atoms with Crippen LogP contribution in [0.4, 0.5) is 10.5 Å². The van der Waals surface area contributed by atoms with Crippen molar-refractivity contribution in [3.05, 3.63) is 29.3 Å². The molecule has 4 amide bonds. The summed E-state index contributed by atoms with van der Waals surface area (Å²) in [5.41, 5.74) is 1.20. The minimum absolute atomic E-state index is 0.194. The smallest absolute Gasteiger partial charge is 0.407 e. The number of anilines is 1. The van der Waals surface area contributed by atoms with Crippen molar-refractivity contribution in [3.8, 4) is 0 Å². The van der Waals surface area contributed by atoms with Crippen LogP contribution in [-0.2, 0) is 20.9 Å². The first kappa shape index (κ1) is 20.6. The summed E-state index contributed by atoms with van der Waals surface area (Å²) in [6, 6.07) is 4.56. The van der Waals surface area contributed by atoms with Crippen LogP contribution in [0.5, 0.6) is 0 Å². The molecule has 2 heterocycles. The Kier molecular flexibility index (Phi) is 5.50. The van der Waals surface area contributed by atoms with Gasteiger partial charge in [-0.2, -0.15) is 0 Å². The number of imide groups is 1. The first-order valence-corrected chi connectivity index (χ1v) is 9.58. The van der Waals surface area contributed by atoms with E-state index in [2.05, 4.69) is 16.0 Å². The van der Waals surface area contributed by atoms with E-state index in [1.807, 2.05) is 6.07 Å². The maximum Gasteiger partial charge on any atom is 0.407 e. The second-order valence-corrected chi connectivity index (χ2v) is 8.24. The zero-order chi connectivity index (χ0) is 21.3. The van der Waals surface area contributed by atoms with Crippen molar-refractivity contribution < 1.29 is 23.9 Å². The van der Waals surface area contributed by atoms with Crippen molar-refractivity contribution in [1.29, 1.82) is 0 Å². The van der Waals surface area contributed by atoms with Gasteiger partial charge in [0.25, 0.3) is 5.91 Å². The van der Waals surface area contributed by atoms with Gasteiger partial charge in [0.1, 0.15) is 11.6 Å². The minimum Gasteiger partial charge on any atom is -0.444 e. The summed E-state index contributed by atoms with van der Waals surface area (Å²) in [6.07, 6.45) is -0.458. The van der Waals surface area contributed by atoms with E-state index in [0.717, 1.165) is 5.56 Å². The van der Waals surface area contributed by atoms with Crippen molar-refractivity contribution >= 4 is 29.5 Å². The summed E-state index contributed by atoms with van der Waals surface area (Å²) in [5, 5.41) is 8.18. The fraction of sp³-hybridized carbons (Fsp3) is 0.500. The average molecular weight is 402 g/mol. The highest BCUT2D eigenvalue weighted by Crippen LogP contribution is 2.29. The maximum absolute atomic E-state index is 13.1. The van der Waals surface area contributed by atoms with E-state index in [4.69, 9.17) is 4.74 Å². The number of hydrogen-bond donors (Lipinski definition) is 3. The summed E-state index contributed by atoms with van der Waals surface area (Å²) in [7, 11) is 0. The summed E-state index contributed by atoms with van der Waals surface area (Å²) in [6.45, 7) is 7.33. The number of nitrogens with zero attached hydrogens (tertiary/aromatic N) is 1. The molecular weight excluding hydrogens is 376 g/mol. The van der Waals surface area contributed by atoms with Gasteiger partial charge in [0.15, 0.2) is 0 Å². The van der Waals surface area contributed by atoms with Crippen LogP contribution in [0.15, 0.2) is 18.2 Å². The molecule has 1 aromatic rings. The molecule has 2 aliphatic rings. The number of alkyl carbamates (subject to hydrolysis) is 1. The molecular formula is C20H26N4O5. The number of nitrogens with one attached hydrogen (secondary N) is 3. The average Bonchev–Trinajstić information content (AvgIpc) is 2.60. The Morgan fingerprint density at radius 1 is 1.28 bits per heavy atom. The molecule has 2 unspecified atom stereocenters. The number of benzene rings is 1. The van der Waals surface area contributed by atoms with E-state index in [9.17, 15) is 19.2 Å². The molecule has 0 bridgehead atoms. The molecule has 1 fully saturated rings. The van der Waals surface area contributed by atoms with Crippen LogP contribution < -0.4 is 16.0 Å². The van der Waals surface area contributed by atoms with Crippen LogP contribution in [0, 0.1) is 0 Å². The van der Waals surface area contributed by atoms with Gasteiger partial charge in [-0.15, -0.1) is 0 Å². The highest BCUT2D eigenvalue weighted by Gasteiger charge is 2.40. The van der Waals surface area contributed by atoms with E-state index in [1.165, 1.54) is 4.90 Å². The lowest BCUT2D eigenvalue weighted by Gasteiger charge is -2.41. The normalized spacial score (nSPS) is 21.8. The van der Waals surface area contributed by atoms with Crippen LogP contribution >= 0.6 is 0 Å². The Labute approximate surface area is 169 Å². The summed E-state index contributed by atoms with van der Waals surface area (Å²) in [4.78, 5) is 50.1. The van der Waals surface area contributed by atoms with Crippen LogP contribution in [0.25, 0.3) is 0 Å². The maximum atomic E-state index is 13.1.